The van der Waals surface area contributed by atoms with E-state index in [-0.39, 0.29) is 17.8 Å². The molecule has 3 nitrogen and oxygen atoms in total. The van der Waals surface area contributed by atoms with Gasteiger partial charge in [-0.15, -0.1) is 23.7 Å². The molecule has 1 atom stereocenters. The van der Waals surface area contributed by atoms with Crippen LogP contribution in [0.15, 0.2) is 0 Å². The molecule has 96 valence electrons. The van der Waals surface area contributed by atoms with E-state index in [9.17, 15) is 0 Å². The lowest BCUT2D eigenvalue weighted by atomic mass is 9.91. The summed E-state index contributed by atoms with van der Waals surface area (Å²) in [6.45, 7) is 7.14. The second-order valence-corrected chi connectivity index (χ2v) is 6.40. The quantitative estimate of drug-likeness (QED) is 0.854. The maximum atomic E-state index is 5.49. The molecule has 1 aliphatic carbocycles. The summed E-state index contributed by atoms with van der Waals surface area (Å²) in [5, 5.41) is 4.69. The highest BCUT2D eigenvalue weighted by atomic mass is 35.5. The molecule has 0 amide bonds. The first-order valence-electron chi connectivity index (χ1n) is 5.98. The Balaban J connectivity index is 0.00000108. The Morgan fingerprint density at radius 1 is 1.47 bits per heavy atom. The number of fused-ring (bicyclic) bond motifs is 1. The number of rotatable bonds is 1. The van der Waals surface area contributed by atoms with Crippen LogP contribution in [0.5, 0.6) is 0 Å². The van der Waals surface area contributed by atoms with Crippen LogP contribution in [0, 0.1) is 0 Å². The van der Waals surface area contributed by atoms with Gasteiger partial charge in [-0.25, -0.2) is 4.98 Å². The van der Waals surface area contributed by atoms with E-state index in [0.29, 0.717) is 6.04 Å². The van der Waals surface area contributed by atoms with Crippen molar-refractivity contribution in [1.29, 1.82) is 0 Å². The van der Waals surface area contributed by atoms with Crippen molar-refractivity contribution in [3.05, 3.63) is 15.6 Å². The zero-order valence-corrected chi connectivity index (χ0v) is 11.9. The standard InChI is InChI=1S/C12H18N2OS.ClH/c1-12(2)4-3-9-10(12)14-11(16-9)8-7-15-6-5-13-8;/h8,13H,3-7H2,1-2H3;1H. The van der Waals surface area contributed by atoms with Crippen molar-refractivity contribution in [2.75, 3.05) is 19.8 Å². The van der Waals surface area contributed by atoms with Crippen LogP contribution in [0.4, 0.5) is 0 Å². The molecule has 0 spiro atoms. The van der Waals surface area contributed by atoms with Crippen molar-refractivity contribution in [3.8, 4) is 0 Å². The molecule has 1 aliphatic heterocycles. The fourth-order valence-corrected chi connectivity index (χ4v) is 3.79. The fourth-order valence-electron chi connectivity index (χ4n) is 2.49. The van der Waals surface area contributed by atoms with Gasteiger partial charge in [0, 0.05) is 16.8 Å². The number of morpholine rings is 1. The van der Waals surface area contributed by atoms with E-state index in [0.717, 1.165) is 19.8 Å². The maximum absolute atomic E-state index is 5.49. The molecule has 0 aromatic carbocycles. The first-order valence-corrected chi connectivity index (χ1v) is 6.80. The minimum absolute atomic E-state index is 0. The number of thiazole rings is 1. The summed E-state index contributed by atoms with van der Waals surface area (Å²) in [6, 6.07) is 0.320. The molecule has 1 N–H and O–H groups in total. The van der Waals surface area contributed by atoms with Crippen molar-refractivity contribution >= 4 is 23.7 Å². The fraction of sp³-hybridized carbons (Fsp3) is 0.750. The SMILES string of the molecule is CC1(C)CCc2sc(C3COCCN3)nc21.Cl. The maximum Gasteiger partial charge on any atom is 0.112 e. The Bertz CT molecular complexity index is 399. The molecule has 1 saturated heterocycles. The number of hydrogen-bond donors (Lipinski definition) is 1. The van der Waals surface area contributed by atoms with E-state index in [4.69, 9.17) is 9.72 Å². The highest BCUT2D eigenvalue weighted by Gasteiger charge is 2.35. The number of nitrogens with zero attached hydrogens (tertiary/aromatic N) is 1. The molecular formula is C12H19ClN2OS. The number of hydrogen-bond acceptors (Lipinski definition) is 4. The van der Waals surface area contributed by atoms with Crippen molar-refractivity contribution in [3.63, 3.8) is 0 Å². The zero-order chi connectivity index (χ0) is 11.2. The van der Waals surface area contributed by atoms with Crippen molar-refractivity contribution in [2.24, 2.45) is 0 Å². The number of nitrogens with one attached hydrogen (secondary N) is 1. The van der Waals surface area contributed by atoms with Crippen LogP contribution >= 0.6 is 23.7 Å². The van der Waals surface area contributed by atoms with Crippen LogP contribution < -0.4 is 5.32 Å². The molecule has 0 bridgehead atoms. The van der Waals surface area contributed by atoms with Gasteiger partial charge in [0.15, 0.2) is 0 Å². The molecule has 3 rings (SSSR count). The molecule has 5 heteroatoms. The molecular weight excluding hydrogens is 256 g/mol. The van der Waals surface area contributed by atoms with Gasteiger partial charge in [0.25, 0.3) is 0 Å². The summed E-state index contributed by atoms with van der Waals surface area (Å²) in [6.07, 6.45) is 2.45. The van der Waals surface area contributed by atoms with Crippen molar-refractivity contribution in [2.45, 2.75) is 38.1 Å². The average molecular weight is 275 g/mol. The van der Waals surface area contributed by atoms with Crippen LogP contribution in [0.2, 0.25) is 0 Å². The van der Waals surface area contributed by atoms with Crippen LogP contribution in [0.1, 0.15) is 41.9 Å². The molecule has 2 heterocycles. The molecule has 0 saturated carbocycles. The first-order chi connectivity index (χ1) is 7.67. The van der Waals surface area contributed by atoms with Crippen LogP contribution in [0.25, 0.3) is 0 Å². The summed E-state index contributed by atoms with van der Waals surface area (Å²) in [7, 11) is 0. The van der Waals surface area contributed by atoms with Crippen molar-refractivity contribution < 1.29 is 4.74 Å². The van der Waals surface area contributed by atoms with Crippen LogP contribution in [-0.2, 0) is 16.6 Å². The summed E-state index contributed by atoms with van der Waals surface area (Å²) >= 11 is 1.88. The minimum Gasteiger partial charge on any atom is -0.378 e. The summed E-state index contributed by atoms with van der Waals surface area (Å²) in [5.74, 6) is 0. The molecule has 17 heavy (non-hydrogen) atoms. The van der Waals surface area contributed by atoms with Gasteiger partial charge in [0.05, 0.1) is 24.9 Å². The Morgan fingerprint density at radius 3 is 2.94 bits per heavy atom. The smallest absolute Gasteiger partial charge is 0.112 e. The predicted octanol–water partition coefficient (Wildman–Crippen LogP) is 2.45. The molecule has 1 fully saturated rings. The lowest BCUT2D eigenvalue weighted by Crippen LogP contribution is -2.34. The van der Waals surface area contributed by atoms with Gasteiger partial charge in [-0.1, -0.05) is 13.8 Å². The monoisotopic (exact) mass is 274 g/mol. The van der Waals surface area contributed by atoms with Gasteiger partial charge in [0.2, 0.25) is 0 Å². The predicted molar refractivity (Wildman–Crippen MR) is 72.3 cm³/mol. The van der Waals surface area contributed by atoms with Gasteiger partial charge in [-0.3, -0.25) is 0 Å². The number of halogens is 1. The van der Waals surface area contributed by atoms with Gasteiger partial charge in [-0.2, -0.15) is 0 Å². The van der Waals surface area contributed by atoms with Gasteiger partial charge in [0.1, 0.15) is 5.01 Å². The molecule has 1 aromatic heterocycles. The van der Waals surface area contributed by atoms with E-state index in [2.05, 4.69) is 19.2 Å². The first kappa shape index (κ1) is 13.3. The van der Waals surface area contributed by atoms with E-state index >= 15 is 0 Å². The van der Waals surface area contributed by atoms with E-state index in [1.807, 2.05) is 11.3 Å². The van der Waals surface area contributed by atoms with E-state index in [1.165, 1.54) is 28.4 Å². The highest BCUT2D eigenvalue weighted by molar-refractivity contribution is 7.11. The minimum atomic E-state index is 0. The number of aromatic nitrogens is 1. The zero-order valence-electron chi connectivity index (χ0n) is 10.3. The Morgan fingerprint density at radius 2 is 2.29 bits per heavy atom. The van der Waals surface area contributed by atoms with Gasteiger partial charge in [-0.05, 0) is 12.8 Å². The summed E-state index contributed by atoms with van der Waals surface area (Å²) < 4.78 is 5.49. The third kappa shape index (κ3) is 2.36. The van der Waals surface area contributed by atoms with Crippen LogP contribution in [-0.4, -0.2) is 24.7 Å². The van der Waals surface area contributed by atoms with E-state index in [1.54, 1.807) is 0 Å². The molecule has 0 radical (unpaired) electrons. The average Bonchev–Trinajstić information content (AvgIpc) is 2.82. The topological polar surface area (TPSA) is 34.1 Å². The summed E-state index contributed by atoms with van der Waals surface area (Å²) in [4.78, 5) is 6.34. The lowest BCUT2D eigenvalue weighted by molar-refractivity contribution is 0.0767. The van der Waals surface area contributed by atoms with Gasteiger partial charge >= 0.3 is 0 Å². The molecule has 2 aliphatic rings. The second kappa shape index (κ2) is 4.84. The molecule has 1 unspecified atom stereocenters. The van der Waals surface area contributed by atoms with Crippen LogP contribution in [0.3, 0.4) is 0 Å². The third-order valence-corrected chi connectivity index (χ3v) is 4.78. The Labute approximate surface area is 112 Å². The Kier molecular flexibility index (Phi) is 3.78. The van der Waals surface area contributed by atoms with E-state index < -0.39 is 0 Å². The second-order valence-electron chi connectivity index (χ2n) is 5.29. The Hall–Kier alpha value is -0.160. The lowest BCUT2D eigenvalue weighted by Gasteiger charge is -2.22. The third-order valence-electron chi connectivity index (χ3n) is 3.55. The largest absolute Gasteiger partial charge is 0.378 e. The van der Waals surface area contributed by atoms with Crippen molar-refractivity contribution in [1.82, 2.24) is 10.3 Å². The summed E-state index contributed by atoms with van der Waals surface area (Å²) in [5.41, 5.74) is 1.61. The molecule has 1 aromatic rings. The normalized spacial score (nSPS) is 26.4. The highest BCUT2D eigenvalue weighted by Crippen LogP contribution is 2.41. The number of ether oxygens (including phenoxy) is 1. The number of aryl methyl sites for hydroxylation is 1. The van der Waals surface area contributed by atoms with Gasteiger partial charge < -0.3 is 10.1 Å².